The molecule has 0 saturated carbocycles. The molecule has 29 heavy (non-hydrogen) atoms. The van der Waals surface area contributed by atoms with E-state index in [1.54, 1.807) is 7.11 Å². The van der Waals surface area contributed by atoms with Crippen LogP contribution >= 0.6 is 11.8 Å². The Morgan fingerprint density at radius 1 is 1.14 bits per heavy atom. The fraction of sp³-hybridized carbons (Fsp3) is 0.286. The molecule has 0 radical (unpaired) electrons. The standard InChI is InChI=1S/C21H23N5O2S/c1-28-14-8-13-22-20(27)18-17(15-9-4-2-5-10-15)25-26-19(23-24-21(26)29-18)16-11-6-3-7-12-16/h2-7,9-12,17-18,25H,8,13-14H2,1H3,(H,22,27)/t17-,18+/m0/s1. The Kier molecular flexibility index (Phi) is 6.12. The van der Waals surface area contributed by atoms with Crippen molar-refractivity contribution in [1.29, 1.82) is 0 Å². The van der Waals surface area contributed by atoms with Crippen molar-refractivity contribution in [3.05, 3.63) is 66.2 Å². The van der Waals surface area contributed by atoms with E-state index in [4.69, 9.17) is 4.74 Å². The van der Waals surface area contributed by atoms with Gasteiger partial charge in [0.1, 0.15) is 5.25 Å². The summed E-state index contributed by atoms with van der Waals surface area (Å²) in [6.45, 7) is 1.19. The predicted molar refractivity (Wildman–Crippen MR) is 113 cm³/mol. The molecule has 1 aliphatic heterocycles. The number of hydrogen-bond donors (Lipinski definition) is 2. The van der Waals surface area contributed by atoms with Crippen LogP contribution < -0.4 is 10.7 Å². The molecule has 2 heterocycles. The minimum atomic E-state index is -0.361. The van der Waals surface area contributed by atoms with Crippen molar-refractivity contribution >= 4 is 17.7 Å². The summed E-state index contributed by atoms with van der Waals surface area (Å²) in [5.41, 5.74) is 5.48. The van der Waals surface area contributed by atoms with Gasteiger partial charge in [-0.3, -0.25) is 4.79 Å². The average Bonchev–Trinajstić information content (AvgIpc) is 3.20. The van der Waals surface area contributed by atoms with Crippen molar-refractivity contribution in [3.63, 3.8) is 0 Å². The van der Waals surface area contributed by atoms with Gasteiger partial charge in [-0.2, -0.15) is 0 Å². The fourth-order valence-corrected chi connectivity index (χ4v) is 4.37. The topological polar surface area (TPSA) is 81.1 Å². The molecule has 2 atom stereocenters. The van der Waals surface area contributed by atoms with Gasteiger partial charge in [-0.25, -0.2) is 4.68 Å². The molecule has 0 bridgehead atoms. The third-order valence-corrected chi connectivity index (χ3v) is 5.93. The maximum absolute atomic E-state index is 13.0. The molecule has 150 valence electrons. The Bertz CT molecular complexity index is 948. The number of methoxy groups -OCH3 is 1. The van der Waals surface area contributed by atoms with Gasteiger partial charge in [0.2, 0.25) is 11.1 Å². The van der Waals surface area contributed by atoms with Crippen molar-refractivity contribution in [2.24, 2.45) is 0 Å². The highest BCUT2D eigenvalue weighted by Gasteiger charge is 2.37. The summed E-state index contributed by atoms with van der Waals surface area (Å²) < 4.78 is 6.94. The van der Waals surface area contributed by atoms with Gasteiger partial charge < -0.3 is 15.5 Å². The van der Waals surface area contributed by atoms with Crippen LogP contribution in [0.1, 0.15) is 18.0 Å². The van der Waals surface area contributed by atoms with E-state index in [9.17, 15) is 4.79 Å². The van der Waals surface area contributed by atoms with Crippen LogP contribution in [0.4, 0.5) is 0 Å². The lowest BCUT2D eigenvalue weighted by Crippen LogP contribution is -2.44. The number of nitrogens with zero attached hydrogens (tertiary/aromatic N) is 3. The van der Waals surface area contributed by atoms with Gasteiger partial charge in [0.05, 0.1) is 6.04 Å². The maximum Gasteiger partial charge on any atom is 0.236 e. The second-order valence-electron chi connectivity index (χ2n) is 6.70. The summed E-state index contributed by atoms with van der Waals surface area (Å²) in [6.07, 6.45) is 0.775. The molecule has 0 spiro atoms. The monoisotopic (exact) mass is 409 g/mol. The lowest BCUT2D eigenvalue weighted by atomic mass is 10.0. The number of aromatic nitrogens is 3. The van der Waals surface area contributed by atoms with Crippen LogP contribution in [-0.4, -0.2) is 46.3 Å². The number of ether oxygens (including phenoxy) is 1. The SMILES string of the molecule is COCCCNC(=O)[C@@H]1Sc2nnc(-c3ccccc3)n2N[C@H]1c1ccccc1. The van der Waals surface area contributed by atoms with Gasteiger partial charge in [0.25, 0.3) is 0 Å². The van der Waals surface area contributed by atoms with Gasteiger partial charge in [-0.1, -0.05) is 72.4 Å². The summed E-state index contributed by atoms with van der Waals surface area (Å²) >= 11 is 1.43. The zero-order valence-corrected chi connectivity index (χ0v) is 16.9. The highest BCUT2D eigenvalue weighted by Crippen LogP contribution is 2.38. The molecule has 0 saturated heterocycles. The molecule has 7 nitrogen and oxygen atoms in total. The Morgan fingerprint density at radius 2 is 1.86 bits per heavy atom. The number of thioether (sulfide) groups is 1. The quantitative estimate of drug-likeness (QED) is 0.584. The summed E-state index contributed by atoms with van der Waals surface area (Å²) in [4.78, 5) is 13.0. The number of fused-ring (bicyclic) bond motifs is 1. The molecule has 0 unspecified atom stereocenters. The predicted octanol–water partition coefficient (Wildman–Crippen LogP) is 2.86. The highest BCUT2D eigenvalue weighted by atomic mass is 32.2. The normalized spacial score (nSPS) is 18.0. The number of amides is 1. The number of carbonyl (C=O) groups excluding carboxylic acids is 1. The van der Waals surface area contributed by atoms with E-state index >= 15 is 0 Å². The lowest BCUT2D eigenvalue weighted by Gasteiger charge is -2.33. The summed E-state index contributed by atoms with van der Waals surface area (Å²) in [5.74, 6) is 0.705. The van der Waals surface area contributed by atoms with Crippen LogP contribution in [0.25, 0.3) is 11.4 Å². The number of rotatable bonds is 7. The molecular formula is C21H23N5O2S. The molecule has 0 fully saturated rings. The molecule has 0 aliphatic carbocycles. The molecule has 3 aromatic rings. The van der Waals surface area contributed by atoms with Crippen molar-refractivity contribution < 1.29 is 9.53 Å². The van der Waals surface area contributed by atoms with Gasteiger partial charge in [-0.05, 0) is 12.0 Å². The zero-order valence-electron chi connectivity index (χ0n) is 16.1. The Morgan fingerprint density at radius 3 is 2.59 bits per heavy atom. The molecular weight excluding hydrogens is 386 g/mol. The van der Waals surface area contributed by atoms with Crippen LogP contribution in [0.15, 0.2) is 65.8 Å². The van der Waals surface area contributed by atoms with Crippen molar-refractivity contribution in [2.75, 3.05) is 25.7 Å². The number of carbonyl (C=O) groups is 1. The Balaban J connectivity index is 1.62. The number of hydrogen-bond acceptors (Lipinski definition) is 6. The minimum absolute atomic E-state index is 0.0250. The molecule has 2 aromatic carbocycles. The largest absolute Gasteiger partial charge is 0.385 e. The van der Waals surface area contributed by atoms with E-state index < -0.39 is 0 Å². The average molecular weight is 410 g/mol. The van der Waals surface area contributed by atoms with E-state index in [1.165, 1.54) is 11.8 Å². The van der Waals surface area contributed by atoms with Crippen LogP contribution in [-0.2, 0) is 9.53 Å². The molecule has 1 aliphatic rings. The van der Waals surface area contributed by atoms with E-state index in [0.29, 0.717) is 18.3 Å². The fourth-order valence-electron chi connectivity index (χ4n) is 3.27. The van der Waals surface area contributed by atoms with Crippen molar-refractivity contribution in [1.82, 2.24) is 20.2 Å². The maximum atomic E-state index is 13.0. The van der Waals surface area contributed by atoms with Crippen LogP contribution in [0.3, 0.4) is 0 Å². The molecule has 2 N–H and O–H groups in total. The van der Waals surface area contributed by atoms with E-state index in [0.717, 1.165) is 23.4 Å². The first-order valence-corrected chi connectivity index (χ1v) is 10.4. The smallest absolute Gasteiger partial charge is 0.236 e. The molecule has 8 heteroatoms. The van der Waals surface area contributed by atoms with Gasteiger partial charge in [0.15, 0.2) is 5.82 Å². The summed E-state index contributed by atoms with van der Waals surface area (Å²) in [6, 6.07) is 19.7. The van der Waals surface area contributed by atoms with Crippen LogP contribution in [0, 0.1) is 0 Å². The van der Waals surface area contributed by atoms with E-state index in [-0.39, 0.29) is 17.2 Å². The number of nitrogens with one attached hydrogen (secondary N) is 2. The third-order valence-electron chi connectivity index (χ3n) is 4.71. The zero-order chi connectivity index (χ0) is 20.1. The summed E-state index contributed by atoms with van der Waals surface area (Å²) in [7, 11) is 1.66. The minimum Gasteiger partial charge on any atom is -0.385 e. The summed E-state index contributed by atoms with van der Waals surface area (Å²) in [5, 5.41) is 12.0. The first-order chi connectivity index (χ1) is 14.3. The van der Waals surface area contributed by atoms with Crippen LogP contribution in [0.2, 0.25) is 0 Å². The van der Waals surface area contributed by atoms with E-state index in [2.05, 4.69) is 20.9 Å². The van der Waals surface area contributed by atoms with Gasteiger partial charge in [-0.15, -0.1) is 10.2 Å². The molecule has 1 aromatic heterocycles. The molecule has 1 amide bonds. The lowest BCUT2D eigenvalue weighted by molar-refractivity contribution is -0.121. The number of benzene rings is 2. The van der Waals surface area contributed by atoms with E-state index in [1.807, 2.05) is 65.3 Å². The Labute approximate surface area is 173 Å². The first-order valence-electron chi connectivity index (χ1n) is 9.53. The second-order valence-corrected chi connectivity index (χ2v) is 7.81. The molecule has 4 rings (SSSR count). The first kappa shape index (κ1) is 19.5. The van der Waals surface area contributed by atoms with Gasteiger partial charge in [0, 0.05) is 25.8 Å². The van der Waals surface area contributed by atoms with Crippen molar-refractivity contribution in [3.8, 4) is 11.4 Å². The van der Waals surface area contributed by atoms with Crippen molar-refractivity contribution in [2.45, 2.75) is 22.9 Å². The van der Waals surface area contributed by atoms with Gasteiger partial charge >= 0.3 is 0 Å². The third kappa shape index (κ3) is 4.28. The highest BCUT2D eigenvalue weighted by molar-refractivity contribution is 8.00. The second kappa shape index (κ2) is 9.11. The van der Waals surface area contributed by atoms with Crippen LogP contribution in [0.5, 0.6) is 0 Å². The Hall–Kier alpha value is -2.84.